The van der Waals surface area contributed by atoms with Crippen LogP contribution in [0.2, 0.25) is 0 Å². The molecule has 31 heavy (non-hydrogen) atoms. The van der Waals surface area contributed by atoms with E-state index in [2.05, 4.69) is 29.2 Å². The SMILES string of the molecule is COc1ccc([C@@H]2c3ccc4ccccc4c3Oc3ncn(CCCO)c(=N)c32)cc1. The summed E-state index contributed by atoms with van der Waals surface area (Å²) in [6.45, 7) is 0.590. The van der Waals surface area contributed by atoms with Crippen LogP contribution in [0.5, 0.6) is 17.4 Å². The Kier molecular flexibility index (Phi) is 4.92. The molecule has 2 heterocycles. The lowest BCUT2D eigenvalue weighted by molar-refractivity contribution is 0.278. The molecule has 3 aromatic carbocycles. The Hall–Kier alpha value is -3.64. The smallest absolute Gasteiger partial charge is 0.228 e. The number of nitrogens with one attached hydrogen (secondary N) is 1. The van der Waals surface area contributed by atoms with Crippen molar-refractivity contribution in [1.29, 1.82) is 5.41 Å². The number of aromatic nitrogens is 2. The molecule has 2 N–H and O–H groups in total. The van der Waals surface area contributed by atoms with Crippen LogP contribution in [-0.4, -0.2) is 28.4 Å². The molecule has 0 bridgehead atoms. The first-order valence-corrected chi connectivity index (χ1v) is 10.3. The van der Waals surface area contributed by atoms with Gasteiger partial charge in [0.15, 0.2) is 0 Å². The van der Waals surface area contributed by atoms with E-state index in [1.54, 1.807) is 18.0 Å². The third-order valence-corrected chi connectivity index (χ3v) is 5.80. The fraction of sp³-hybridized carbons (Fsp3) is 0.200. The van der Waals surface area contributed by atoms with E-state index in [9.17, 15) is 5.11 Å². The fourth-order valence-electron chi connectivity index (χ4n) is 4.25. The van der Waals surface area contributed by atoms with Crippen LogP contribution in [0.1, 0.15) is 29.0 Å². The largest absolute Gasteiger partial charge is 0.497 e. The topological polar surface area (TPSA) is 80.4 Å². The maximum absolute atomic E-state index is 9.24. The molecule has 6 heteroatoms. The first kappa shape index (κ1) is 19.3. The molecule has 0 unspecified atom stereocenters. The molecule has 1 aliphatic heterocycles. The number of aliphatic hydroxyl groups excluding tert-OH is 1. The van der Waals surface area contributed by atoms with Crippen LogP contribution in [0.3, 0.4) is 0 Å². The summed E-state index contributed by atoms with van der Waals surface area (Å²) in [5.41, 5.74) is 3.12. The first-order chi connectivity index (χ1) is 15.2. The second-order valence-electron chi connectivity index (χ2n) is 7.60. The lowest BCUT2D eigenvalue weighted by Crippen LogP contribution is -2.30. The maximum atomic E-state index is 9.24. The monoisotopic (exact) mass is 413 g/mol. The third-order valence-electron chi connectivity index (χ3n) is 5.80. The molecule has 0 fully saturated rings. The number of aryl methyl sites for hydroxylation is 1. The van der Waals surface area contributed by atoms with Crippen LogP contribution in [0, 0.1) is 5.41 Å². The van der Waals surface area contributed by atoms with Crippen molar-refractivity contribution in [2.75, 3.05) is 13.7 Å². The van der Waals surface area contributed by atoms with Crippen molar-refractivity contribution in [3.05, 3.63) is 89.2 Å². The van der Waals surface area contributed by atoms with Crippen molar-refractivity contribution < 1.29 is 14.6 Å². The Labute approximate surface area is 179 Å². The van der Waals surface area contributed by atoms with Crippen molar-refractivity contribution in [1.82, 2.24) is 9.55 Å². The molecular weight excluding hydrogens is 390 g/mol. The summed E-state index contributed by atoms with van der Waals surface area (Å²) in [6.07, 6.45) is 2.18. The highest BCUT2D eigenvalue weighted by Gasteiger charge is 2.33. The molecule has 0 radical (unpaired) electrons. The molecule has 0 saturated heterocycles. The second kappa shape index (κ2) is 7.89. The molecule has 0 saturated carbocycles. The van der Waals surface area contributed by atoms with E-state index in [0.717, 1.165) is 39.0 Å². The van der Waals surface area contributed by atoms with Crippen LogP contribution in [0.25, 0.3) is 10.8 Å². The summed E-state index contributed by atoms with van der Waals surface area (Å²) in [7, 11) is 1.65. The van der Waals surface area contributed by atoms with Gasteiger partial charge in [0.25, 0.3) is 0 Å². The summed E-state index contributed by atoms with van der Waals surface area (Å²) in [5.74, 6) is 1.82. The van der Waals surface area contributed by atoms with E-state index in [1.807, 2.05) is 36.4 Å². The Morgan fingerprint density at radius 1 is 1.10 bits per heavy atom. The van der Waals surface area contributed by atoms with Gasteiger partial charge in [-0.3, -0.25) is 5.41 Å². The van der Waals surface area contributed by atoms with Gasteiger partial charge in [-0.15, -0.1) is 0 Å². The Balaban J connectivity index is 1.76. The van der Waals surface area contributed by atoms with Gasteiger partial charge in [-0.05, 0) is 29.5 Å². The summed E-state index contributed by atoms with van der Waals surface area (Å²) in [5, 5.41) is 20.3. The number of aliphatic hydroxyl groups is 1. The van der Waals surface area contributed by atoms with Gasteiger partial charge in [-0.1, -0.05) is 48.5 Å². The van der Waals surface area contributed by atoms with E-state index in [-0.39, 0.29) is 12.5 Å². The highest BCUT2D eigenvalue weighted by atomic mass is 16.5. The predicted molar refractivity (Wildman–Crippen MR) is 118 cm³/mol. The van der Waals surface area contributed by atoms with Gasteiger partial charge >= 0.3 is 0 Å². The zero-order valence-electron chi connectivity index (χ0n) is 17.2. The molecule has 1 atom stereocenters. The van der Waals surface area contributed by atoms with Gasteiger partial charge in [0.2, 0.25) is 5.88 Å². The Morgan fingerprint density at radius 2 is 1.90 bits per heavy atom. The summed E-state index contributed by atoms with van der Waals surface area (Å²) in [6, 6.07) is 20.2. The van der Waals surface area contributed by atoms with Crippen LogP contribution < -0.4 is 15.0 Å². The molecule has 0 spiro atoms. The van der Waals surface area contributed by atoms with Crippen molar-refractivity contribution in [3.8, 4) is 17.4 Å². The Bertz CT molecular complexity index is 1310. The van der Waals surface area contributed by atoms with Crippen molar-refractivity contribution >= 4 is 10.8 Å². The van der Waals surface area contributed by atoms with Crippen LogP contribution in [0.15, 0.2) is 67.0 Å². The van der Waals surface area contributed by atoms with Gasteiger partial charge in [-0.25, -0.2) is 4.98 Å². The van der Waals surface area contributed by atoms with E-state index in [4.69, 9.17) is 14.9 Å². The van der Waals surface area contributed by atoms with Crippen molar-refractivity contribution in [2.24, 2.45) is 0 Å². The van der Waals surface area contributed by atoms with Crippen molar-refractivity contribution in [3.63, 3.8) is 0 Å². The number of hydrogen-bond donors (Lipinski definition) is 2. The normalized spacial score (nSPS) is 14.6. The Morgan fingerprint density at radius 3 is 2.68 bits per heavy atom. The van der Waals surface area contributed by atoms with Crippen LogP contribution in [0.4, 0.5) is 0 Å². The predicted octanol–water partition coefficient (Wildman–Crippen LogP) is 4.19. The molecule has 0 aliphatic carbocycles. The standard InChI is InChI=1S/C25H23N3O3/c1-30-18-10-7-17(8-11-18)21-20-12-9-16-5-2-3-6-19(16)23(20)31-25-22(21)24(26)28(15-27-25)13-4-14-29/h2-3,5-12,15,21,26,29H,4,13-14H2,1H3/t21-/m1/s1. The quantitative estimate of drug-likeness (QED) is 0.453. The minimum atomic E-state index is -0.198. The molecular formula is C25H23N3O3. The highest BCUT2D eigenvalue weighted by Crippen LogP contribution is 2.47. The number of ether oxygens (including phenoxy) is 2. The van der Waals surface area contributed by atoms with Crippen LogP contribution >= 0.6 is 0 Å². The lowest BCUT2D eigenvalue weighted by atomic mass is 9.83. The zero-order valence-corrected chi connectivity index (χ0v) is 17.2. The second-order valence-corrected chi connectivity index (χ2v) is 7.60. The van der Waals surface area contributed by atoms with Gasteiger partial charge in [0.1, 0.15) is 23.3 Å². The number of nitrogens with zero attached hydrogens (tertiary/aromatic N) is 2. The minimum absolute atomic E-state index is 0.0662. The van der Waals surface area contributed by atoms with E-state index >= 15 is 0 Å². The molecule has 156 valence electrons. The summed E-state index contributed by atoms with van der Waals surface area (Å²) >= 11 is 0. The van der Waals surface area contributed by atoms with Gasteiger partial charge in [0.05, 0.1) is 12.7 Å². The van der Waals surface area contributed by atoms with Gasteiger partial charge in [-0.2, -0.15) is 0 Å². The average molecular weight is 413 g/mol. The number of rotatable bonds is 5. The zero-order chi connectivity index (χ0) is 21.4. The lowest BCUT2D eigenvalue weighted by Gasteiger charge is -2.29. The third kappa shape index (κ3) is 3.25. The van der Waals surface area contributed by atoms with Gasteiger partial charge < -0.3 is 19.1 Å². The average Bonchev–Trinajstić information content (AvgIpc) is 2.82. The number of methoxy groups -OCH3 is 1. The summed E-state index contributed by atoms with van der Waals surface area (Å²) in [4.78, 5) is 4.56. The molecule has 5 rings (SSSR count). The van der Waals surface area contributed by atoms with E-state index < -0.39 is 0 Å². The van der Waals surface area contributed by atoms with E-state index in [0.29, 0.717) is 24.3 Å². The van der Waals surface area contributed by atoms with Crippen molar-refractivity contribution in [2.45, 2.75) is 18.9 Å². The molecule has 6 nitrogen and oxygen atoms in total. The highest BCUT2D eigenvalue weighted by molar-refractivity contribution is 5.91. The molecule has 0 amide bonds. The fourth-order valence-corrected chi connectivity index (χ4v) is 4.25. The minimum Gasteiger partial charge on any atom is -0.497 e. The first-order valence-electron chi connectivity index (χ1n) is 10.3. The number of benzene rings is 3. The maximum Gasteiger partial charge on any atom is 0.228 e. The molecule has 4 aromatic rings. The molecule has 1 aliphatic rings. The van der Waals surface area contributed by atoms with Crippen LogP contribution in [-0.2, 0) is 6.54 Å². The van der Waals surface area contributed by atoms with E-state index in [1.165, 1.54) is 0 Å². The summed E-state index contributed by atoms with van der Waals surface area (Å²) < 4.78 is 13.4. The van der Waals surface area contributed by atoms with Gasteiger partial charge in [0, 0.05) is 30.0 Å². The molecule has 1 aromatic heterocycles. The number of hydrogen-bond acceptors (Lipinski definition) is 5. The number of fused-ring (bicyclic) bond motifs is 4.